The van der Waals surface area contributed by atoms with Crippen molar-refractivity contribution in [1.82, 2.24) is 10.6 Å². The number of hydrogen-bond donors (Lipinski definition) is 4. The molecular formula is C32H44N2O6S4. The molecule has 0 aliphatic rings. The van der Waals surface area contributed by atoms with Gasteiger partial charge in [-0.05, 0) is 85.8 Å². The van der Waals surface area contributed by atoms with Crippen LogP contribution in [0.5, 0.6) is 0 Å². The van der Waals surface area contributed by atoms with Gasteiger partial charge in [0, 0.05) is 11.5 Å². The molecule has 4 atom stereocenters. The Labute approximate surface area is 277 Å². The van der Waals surface area contributed by atoms with Gasteiger partial charge in [0.05, 0.1) is 11.8 Å². The predicted octanol–water partition coefficient (Wildman–Crippen LogP) is 5.35. The lowest BCUT2D eigenvalue weighted by Gasteiger charge is -2.22. The number of thioether (sulfide) groups is 2. The Morgan fingerprint density at radius 3 is 1.34 bits per heavy atom. The monoisotopic (exact) mass is 680 g/mol. The van der Waals surface area contributed by atoms with Crippen LogP contribution in [-0.4, -0.2) is 81.6 Å². The van der Waals surface area contributed by atoms with Gasteiger partial charge in [0.1, 0.15) is 12.1 Å². The quantitative estimate of drug-likeness (QED) is 0.101. The van der Waals surface area contributed by atoms with Gasteiger partial charge in [-0.3, -0.25) is 9.59 Å². The molecule has 2 rings (SSSR count). The van der Waals surface area contributed by atoms with Crippen molar-refractivity contribution in [3.8, 4) is 0 Å². The van der Waals surface area contributed by atoms with Crippen LogP contribution >= 0.6 is 45.1 Å². The summed E-state index contributed by atoms with van der Waals surface area (Å²) >= 11 is 3.06. The largest absolute Gasteiger partial charge is 0.480 e. The zero-order valence-corrected chi connectivity index (χ0v) is 29.0. The average molecular weight is 681 g/mol. The second-order valence-corrected chi connectivity index (χ2v) is 15.1. The van der Waals surface area contributed by atoms with Gasteiger partial charge < -0.3 is 20.8 Å². The topological polar surface area (TPSA) is 133 Å². The van der Waals surface area contributed by atoms with Crippen molar-refractivity contribution in [2.24, 2.45) is 11.8 Å². The molecule has 242 valence electrons. The SMILES string of the molecule is CSCC[C@H](NC(=O)[C@@H](CSSC[C@@H](Cc1ccccc1C)C(=O)N[C@@H](CCSC)C(=O)O)Cc1ccccc1C)C(=O)O. The van der Waals surface area contributed by atoms with Crippen LogP contribution in [0, 0.1) is 25.7 Å². The predicted molar refractivity (Wildman–Crippen MR) is 187 cm³/mol. The molecule has 0 saturated carbocycles. The van der Waals surface area contributed by atoms with E-state index in [4.69, 9.17) is 0 Å². The number of amides is 2. The number of nitrogens with one attached hydrogen (secondary N) is 2. The maximum Gasteiger partial charge on any atom is 0.326 e. The van der Waals surface area contributed by atoms with Crippen molar-refractivity contribution in [3.63, 3.8) is 0 Å². The highest BCUT2D eigenvalue weighted by Crippen LogP contribution is 2.30. The van der Waals surface area contributed by atoms with Gasteiger partial charge in [0.25, 0.3) is 0 Å². The van der Waals surface area contributed by atoms with Crippen LogP contribution in [-0.2, 0) is 32.0 Å². The van der Waals surface area contributed by atoms with E-state index in [0.29, 0.717) is 48.7 Å². The number of aliphatic carboxylic acids is 2. The molecule has 0 saturated heterocycles. The maximum absolute atomic E-state index is 13.4. The highest BCUT2D eigenvalue weighted by Gasteiger charge is 2.28. The Bertz CT molecular complexity index is 1140. The van der Waals surface area contributed by atoms with E-state index < -0.39 is 35.9 Å². The fourth-order valence-electron chi connectivity index (χ4n) is 4.49. The third-order valence-corrected chi connectivity index (χ3v) is 11.1. The standard InChI is InChI=1S/C32H44N2O6S4/c1-21-9-5-7-11-23(21)17-25(29(35)33-27(31(37)38)13-15-41-3)19-43-44-20-26(18-24-12-8-6-10-22(24)2)30(36)34-28(32(39)40)14-16-42-4/h5-12,25-28H,13-20H2,1-4H3,(H,33,35)(H,34,36)(H,37,38)(H,39,40)/t25-,26-,27+,28+/m1/s1. The highest BCUT2D eigenvalue weighted by atomic mass is 33.1. The Kier molecular flexibility index (Phi) is 17.8. The van der Waals surface area contributed by atoms with Gasteiger partial charge in [-0.15, -0.1) is 0 Å². The summed E-state index contributed by atoms with van der Waals surface area (Å²) in [6.45, 7) is 3.98. The summed E-state index contributed by atoms with van der Waals surface area (Å²) in [5.41, 5.74) is 4.17. The molecule has 8 nitrogen and oxygen atoms in total. The van der Waals surface area contributed by atoms with Crippen LogP contribution in [0.25, 0.3) is 0 Å². The van der Waals surface area contributed by atoms with E-state index in [9.17, 15) is 29.4 Å². The van der Waals surface area contributed by atoms with Gasteiger partial charge in [-0.25, -0.2) is 9.59 Å². The molecule has 0 heterocycles. The third kappa shape index (κ3) is 13.4. The molecular weight excluding hydrogens is 637 g/mol. The molecule has 0 spiro atoms. The summed E-state index contributed by atoms with van der Waals surface area (Å²) in [5.74, 6) is -1.58. The van der Waals surface area contributed by atoms with E-state index in [0.717, 1.165) is 22.3 Å². The first kappa shape index (κ1) is 37.9. The number of carbonyl (C=O) groups is 4. The highest BCUT2D eigenvalue weighted by molar-refractivity contribution is 8.76. The number of hydrogen-bond acceptors (Lipinski definition) is 8. The maximum atomic E-state index is 13.4. The van der Waals surface area contributed by atoms with Crippen LogP contribution in [0.2, 0.25) is 0 Å². The molecule has 0 fully saturated rings. The van der Waals surface area contributed by atoms with Crippen molar-refractivity contribution in [3.05, 3.63) is 70.8 Å². The summed E-state index contributed by atoms with van der Waals surface area (Å²) in [4.78, 5) is 50.4. The van der Waals surface area contributed by atoms with E-state index in [-0.39, 0.29) is 11.8 Å². The second kappa shape index (κ2) is 20.7. The summed E-state index contributed by atoms with van der Waals surface area (Å²) in [5, 5.41) is 24.8. The van der Waals surface area contributed by atoms with E-state index in [1.807, 2.05) is 74.9 Å². The molecule has 0 aromatic heterocycles. The van der Waals surface area contributed by atoms with Gasteiger partial charge in [-0.1, -0.05) is 70.1 Å². The fraction of sp³-hybridized carbons (Fsp3) is 0.500. The van der Waals surface area contributed by atoms with Gasteiger partial charge >= 0.3 is 11.9 Å². The molecule has 2 aromatic rings. The molecule has 4 N–H and O–H groups in total. The molecule has 0 aliphatic heterocycles. The molecule has 0 unspecified atom stereocenters. The number of rotatable bonds is 21. The summed E-state index contributed by atoms with van der Waals surface area (Å²) in [6, 6.07) is 13.8. The van der Waals surface area contributed by atoms with Crippen LogP contribution in [0.1, 0.15) is 35.1 Å². The van der Waals surface area contributed by atoms with E-state index in [2.05, 4.69) is 10.6 Å². The van der Waals surface area contributed by atoms with E-state index in [1.165, 1.54) is 45.1 Å². The van der Waals surface area contributed by atoms with Gasteiger partial charge in [-0.2, -0.15) is 23.5 Å². The number of carboxylic acid groups (broad SMARTS) is 2. The van der Waals surface area contributed by atoms with Gasteiger partial charge in [0.2, 0.25) is 11.8 Å². The molecule has 0 radical (unpaired) electrons. The van der Waals surface area contributed by atoms with Crippen LogP contribution in [0.4, 0.5) is 0 Å². The van der Waals surface area contributed by atoms with Crippen molar-refractivity contribution in [2.45, 2.75) is 51.6 Å². The Balaban J connectivity index is 2.16. The molecule has 12 heteroatoms. The first-order valence-corrected chi connectivity index (χ1v) is 19.7. The number of benzene rings is 2. The molecule has 0 bridgehead atoms. The van der Waals surface area contributed by atoms with Crippen molar-refractivity contribution in [2.75, 3.05) is 35.5 Å². The number of carbonyl (C=O) groups excluding carboxylic acids is 2. The molecule has 0 aliphatic carbocycles. The second-order valence-electron chi connectivity index (χ2n) is 10.6. The number of carboxylic acids is 2. The zero-order chi connectivity index (χ0) is 32.5. The van der Waals surface area contributed by atoms with Crippen molar-refractivity contribution < 1.29 is 29.4 Å². The van der Waals surface area contributed by atoms with Crippen LogP contribution in [0.3, 0.4) is 0 Å². The third-order valence-electron chi connectivity index (χ3n) is 7.27. The van der Waals surface area contributed by atoms with E-state index >= 15 is 0 Å². The van der Waals surface area contributed by atoms with Crippen LogP contribution in [0.15, 0.2) is 48.5 Å². The summed E-state index contributed by atoms with van der Waals surface area (Å²) in [7, 11) is 2.94. The first-order chi connectivity index (χ1) is 21.1. The zero-order valence-electron chi connectivity index (χ0n) is 25.7. The smallest absolute Gasteiger partial charge is 0.326 e. The normalized spacial score (nSPS) is 13.8. The van der Waals surface area contributed by atoms with Gasteiger partial charge in [0.15, 0.2) is 0 Å². The number of aryl methyl sites for hydroxylation is 2. The Hall–Kier alpha value is -2.28. The lowest BCUT2D eigenvalue weighted by molar-refractivity contribution is -0.142. The molecule has 2 aromatic carbocycles. The summed E-state index contributed by atoms with van der Waals surface area (Å²) in [6.07, 6.45) is 5.40. The minimum Gasteiger partial charge on any atom is -0.480 e. The summed E-state index contributed by atoms with van der Waals surface area (Å²) < 4.78 is 0. The lowest BCUT2D eigenvalue weighted by atomic mass is 9.96. The minimum absolute atomic E-state index is 0.304. The van der Waals surface area contributed by atoms with E-state index in [1.54, 1.807) is 0 Å². The first-order valence-electron chi connectivity index (χ1n) is 14.4. The molecule has 2 amide bonds. The van der Waals surface area contributed by atoms with Crippen molar-refractivity contribution in [1.29, 1.82) is 0 Å². The Morgan fingerprint density at radius 2 is 1.02 bits per heavy atom. The minimum atomic E-state index is -1.05. The Morgan fingerprint density at radius 1 is 0.659 bits per heavy atom. The molecule has 44 heavy (non-hydrogen) atoms. The average Bonchev–Trinajstić information content (AvgIpc) is 2.99. The van der Waals surface area contributed by atoms with Crippen molar-refractivity contribution >= 4 is 68.9 Å². The fourth-order valence-corrected chi connectivity index (χ4v) is 8.05. The van der Waals surface area contributed by atoms with Crippen LogP contribution < -0.4 is 10.6 Å². The lowest BCUT2D eigenvalue weighted by Crippen LogP contribution is -2.45.